The van der Waals surface area contributed by atoms with Crippen molar-refractivity contribution in [3.63, 3.8) is 0 Å². The van der Waals surface area contributed by atoms with Gasteiger partial charge in [0.1, 0.15) is 0 Å². The first-order chi connectivity index (χ1) is 9.02. The number of nitro groups is 1. The molecule has 1 saturated carbocycles. The zero-order valence-electron chi connectivity index (χ0n) is 10.5. The predicted molar refractivity (Wildman–Crippen MR) is 72.9 cm³/mol. The van der Waals surface area contributed by atoms with Crippen molar-refractivity contribution < 1.29 is 14.5 Å². The van der Waals surface area contributed by atoms with E-state index in [9.17, 15) is 14.9 Å². The second kappa shape index (κ2) is 5.69. The first-order valence-corrected chi connectivity index (χ1v) is 6.85. The maximum absolute atomic E-state index is 11.9. The van der Waals surface area contributed by atoms with Crippen molar-refractivity contribution in [1.82, 2.24) is 0 Å². The molecule has 0 bridgehead atoms. The second-order valence-electron chi connectivity index (χ2n) is 4.69. The van der Waals surface area contributed by atoms with Crippen molar-refractivity contribution in [2.75, 3.05) is 7.11 Å². The molecule has 102 valence electrons. The van der Waals surface area contributed by atoms with Crippen molar-refractivity contribution in [2.45, 2.75) is 25.2 Å². The number of non-ortho nitro benzene ring substituents is 1. The van der Waals surface area contributed by atoms with Crippen LogP contribution in [0.2, 0.25) is 0 Å². The van der Waals surface area contributed by atoms with E-state index in [-0.39, 0.29) is 17.6 Å². The highest BCUT2D eigenvalue weighted by atomic mass is 79.9. The molecule has 0 spiro atoms. The third-order valence-corrected chi connectivity index (χ3v) is 4.01. The van der Waals surface area contributed by atoms with Crippen molar-refractivity contribution in [3.8, 4) is 0 Å². The van der Waals surface area contributed by atoms with E-state index in [1.54, 1.807) is 6.07 Å². The van der Waals surface area contributed by atoms with E-state index in [4.69, 9.17) is 4.74 Å². The van der Waals surface area contributed by atoms with Gasteiger partial charge in [0.05, 0.1) is 18.0 Å². The summed E-state index contributed by atoms with van der Waals surface area (Å²) in [6.07, 6.45) is 3.01. The highest BCUT2D eigenvalue weighted by molar-refractivity contribution is 9.10. The van der Waals surface area contributed by atoms with Gasteiger partial charge in [0.15, 0.2) is 0 Å². The van der Waals surface area contributed by atoms with Crippen LogP contribution in [0.1, 0.15) is 30.7 Å². The summed E-state index contributed by atoms with van der Waals surface area (Å²) in [5.74, 6) is -0.506. The Morgan fingerprint density at radius 3 is 2.63 bits per heavy atom. The van der Waals surface area contributed by atoms with Crippen LogP contribution in [0.4, 0.5) is 5.69 Å². The van der Waals surface area contributed by atoms with Crippen LogP contribution in [0.5, 0.6) is 0 Å². The average molecular weight is 328 g/mol. The molecule has 5 nitrogen and oxygen atoms in total. The van der Waals surface area contributed by atoms with Crippen LogP contribution in [0.3, 0.4) is 0 Å². The van der Waals surface area contributed by atoms with Gasteiger partial charge < -0.3 is 4.74 Å². The second-order valence-corrected chi connectivity index (χ2v) is 5.61. The molecular formula is C13H14BrNO4. The molecule has 1 aromatic rings. The summed E-state index contributed by atoms with van der Waals surface area (Å²) in [6, 6.07) is 4.65. The summed E-state index contributed by atoms with van der Waals surface area (Å²) in [6.45, 7) is 0. The van der Waals surface area contributed by atoms with Gasteiger partial charge in [-0.25, -0.2) is 0 Å². The third kappa shape index (κ3) is 2.94. The van der Waals surface area contributed by atoms with Crippen molar-refractivity contribution in [2.24, 2.45) is 5.92 Å². The van der Waals surface area contributed by atoms with Crippen LogP contribution in [-0.4, -0.2) is 18.0 Å². The number of carbonyl (C=O) groups is 1. The molecule has 1 atom stereocenters. The molecule has 2 rings (SSSR count). The van der Waals surface area contributed by atoms with Gasteiger partial charge in [-0.15, -0.1) is 0 Å². The first kappa shape index (κ1) is 14.0. The quantitative estimate of drug-likeness (QED) is 0.482. The Morgan fingerprint density at radius 1 is 1.47 bits per heavy atom. The van der Waals surface area contributed by atoms with E-state index in [0.717, 1.165) is 19.3 Å². The zero-order valence-corrected chi connectivity index (χ0v) is 12.1. The third-order valence-electron chi connectivity index (χ3n) is 3.55. The number of nitro benzene ring substituents is 1. The summed E-state index contributed by atoms with van der Waals surface area (Å²) >= 11 is 3.25. The van der Waals surface area contributed by atoms with Crippen LogP contribution in [0.25, 0.3) is 0 Å². The molecule has 1 aromatic carbocycles. The fraction of sp³-hybridized carbons (Fsp3) is 0.462. The lowest BCUT2D eigenvalue weighted by Crippen LogP contribution is -2.28. The maximum Gasteiger partial charge on any atom is 0.313 e. The predicted octanol–water partition coefficient (Wildman–Crippen LogP) is 3.41. The van der Waals surface area contributed by atoms with Gasteiger partial charge in [0.2, 0.25) is 0 Å². The van der Waals surface area contributed by atoms with E-state index in [0.29, 0.717) is 10.0 Å². The first-order valence-electron chi connectivity index (χ1n) is 6.05. The number of methoxy groups -OCH3 is 1. The van der Waals surface area contributed by atoms with Gasteiger partial charge in [0.25, 0.3) is 5.69 Å². The Labute approximate surface area is 119 Å². The Balaban J connectivity index is 2.40. The molecule has 0 N–H and O–H groups in total. The highest BCUT2D eigenvalue weighted by Crippen LogP contribution is 2.41. The average Bonchev–Trinajstić information content (AvgIpc) is 2.31. The molecule has 1 aliphatic rings. The number of hydrogen-bond donors (Lipinski definition) is 0. The smallest absolute Gasteiger partial charge is 0.313 e. The minimum atomic E-state index is -0.455. The van der Waals surface area contributed by atoms with Gasteiger partial charge in [-0.1, -0.05) is 22.4 Å². The monoisotopic (exact) mass is 327 g/mol. The summed E-state index contributed by atoms with van der Waals surface area (Å²) in [5, 5.41) is 10.9. The number of hydrogen-bond acceptors (Lipinski definition) is 4. The molecule has 19 heavy (non-hydrogen) atoms. The summed E-state index contributed by atoms with van der Waals surface area (Å²) in [7, 11) is 1.35. The zero-order chi connectivity index (χ0) is 14.0. The molecule has 6 heteroatoms. The summed E-state index contributed by atoms with van der Waals surface area (Å²) < 4.78 is 5.44. The number of esters is 1. The van der Waals surface area contributed by atoms with Gasteiger partial charge in [-0.05, 0) is 30.4 Å². The number of halogens is 1. The molecule has 0 radical (unpaired) electrons. The molecule has 1 aliphatic carbocycles. The lowest BCUT2D eigenvalue weighted by atomic mass is 9.73. The van der Waals surface area contributed by atoms with Crippen LogP contribution >= 0.6 is 15.9 Å². The Kier molecular flexibility index (Phi) is 4.19. The van der Waals surface area contributed by atoms with Crippen LogP contribution in [0.15, 0.2) is 22.7 Å². The largest absolute Gasteiger partial charge is 0.469 e. The molecule has 1 fully saturated rings. The number of nitrogens with zero attached hydrogens (tertiary/aromatic N) is 1. The number of rotatable bonds is 4. The molecule has 0 heterocycles. The van der Waals surface area contributed by atoms with Crippen LogP contribution < -0.4 is 0 Å². The molecule has 0 aromatic heterocycles. The van der Waals surface area contributed by atoms with Crippen molar-refractivity contribution >= 4 is 27.6 Å². The van der Waals surface area contributed by atoms with Gasteiger partial charge in [-0.3, -0.25) is 14.9 Å². The fourth-order valence-corrected chi connectivity index (χ4v) is 2.88. The molecule has 0 saturated heterocycles. The SMILES string of the molecule is COC(=O)C(c1cc(Br)cc([N+](=O)[O-])c1)C1CCC1. The van der Waals surface area contributed by atoms with Crippen LogP contribution in [-0.2, 0) is 9.53 Å². The van der Waals surface area contributed by atoms with E-state index in [1.165, 1.54) is 19.2 Å². The van der Waals surface area contributed by atoms with Gasteiger partial charge >= 0.3 is 5.97 Å². The Hall–Kier alpha value is -1.43. The Morgan fingerprint density at radius 2 is 2.16 bits per heavy atom. The Bertz CT molecular complexity index is 513. The number of ether oxygens (including phenoxy) is 1. The fourth-order valence-electron chi connectivity index (χ4n) is 2.38. The maximum atomic E-state index is 11.9. The number of carbonyl (C=O) groups excluding carboxylic acids is 1. The van der Waals surface area contributed by atoms with Gasteiger partial charge in [-0.2, -0.15) is 0 Å². The van der Waals surface area contributed by atoms with E-state index >= 15 is 0 Å². The standard InChI is InChI=1S/C13H14BrNO4/c1-19-13(16)12(8-3-2-4-8)9-5-10(14)7-11(6-9)15(17)18/h5-8,12H,2-4H2,1H3. The molecule has 0 aliphatic heterocycles. The lowest BCUT2D eigenvalue weighted by Gasteiger charge is -2.32. The summed E-state index contributed by atoms with van der Waals surface area (Å²) in [4.78, 5) is 22.4. The van der Waals surface area contributed by atoms with E-state index < -0.39 is 10.8 Å². The normalized spacial score (nSPS) is 16.5. The topological polar surface area (TPSA) is 69.4 Å². The molecule has 0 amide bonds. The highest BCUT2D eigenvalue weighted by Gasteiger charge is 2.35. The van der Waals surface area contributed by atoms with E-state index in [1.807, 2.05) is 0 Å². The summed E-state index contributed by atoms with van der Waals surface area (Å²) in [5.41, 5.74) is 0.634. The van der Waals surface area contributed by atoms with Gasteiger partial charge in [0, 0.05) is 16.6 Å². The van der Waals surface area contributed by atoms with Crippen LogP contribution in [0, 0.1) is 16.0 Å². The van der Waals surface area contributed by atoms with E-state index in [2.05, 4.69) is 15.9 Å². The lowest BCUT2D eigenvalue weighted by molar-refractivity contribution is -0.385. The minimum absolute atomic E-state index is 0.0161. The van der Waals surface area contributed by atoms with Crippen molar-refractivity contribution in [3.05, 3.63) is 38.3 Å². The minimum Gasteiger partial charge on any atom is -0.469 e. The molecular weight excluding hydrogens is 314 g/mol. The van der Waals surface area contributed by atoms with Crippen molar-refractivity contribution in [1.29, 1.82) is 0 Å². The number of benzene rings is 1. The molecule has 1 unspecified atom stereocenters.